The molecule has 0 aromatic carbocycles. The van der Waals surface area contributed by atoms with Crippen LogP contribution in [-0.4, -0.2) is 23.8 Å². The third-order valence-electron chi connectivity index (χ3n) is 4.87. The first-order chi connectivity index (χ1) is 6.94. The number of esters is 1. The average molecular weight is 207 g/mol. The molecule has 82 valence electrons. The van der Waals surface area contributed by atoms with Gasteiger partial charge in [0.1, 0.15) is 6.54 Å². The molecule has 3 nitrogen and oxygen atoms in total. The molecule has 3 unspecified atom stereocenters. The molecule has 3 atom stereocenters. The Balaban J connectivity index is 2.03. The molecule has 15 heavy (non-hydrogen) atoms. The van der Waals surface area contributed by atoms with E-state index < -0.39 is 5.60 Å². The first kappa shape index (κ1) is 9.37. The predicted molar refractivity (Wildman–Crippen MR) is 56.8 cm³/mol. The van der Waals surface area contributed by atoms with Crippen LogP contribution in [0.25, 0.3) is 0 Å². The van der Waals surface area contributed by atoms with Crippen molar-refractivity contribution in [3.63, 3.8) is 0 Å². The van der Waals surface area contributed by atoms with E-state index in [1.54, 1.807) is 0 Å². The van der Waals surface area contributed by atoms with E-state index >= 15 is 0 Å². The lowest BCUT2D eigenvalue weighted by molar-refractivity contribution is -0.184. The van der Waals surface area contributed by atoms with E-state index in [2.05, 4.69) is 18.8 Å². The molecule has 0 aromatic rings. The third-order valence-corrected chi connectivity index (χ3v) is 4.87. The van der Waals surface area contributed by atoms with Gasteiger partial charge in [-0.3, -0.25) is 9.79 Å². The van der Waals surface area contributed by atoms with Crippen LogP contribution in [0.3, 0.4) is 0 Å². The lowest BCUT2D eigenvalue weighted by atomic mass is 9.43. The van der Waals surface area contributed by atoms with Gasteiger partial charge in [-0.05, 0) is 31.1 Å². The van der Waals surface area contributed by atoms with Gasteiger partial charge < -0.3 is 4.74 Å². The molecule has 1 heterocycles. The SMILES string of the molecule is CC12OC(=O)CN=C1CC1CC2C1(C)C. The van der Waals surface area contributed by atoms with Crippen molar-refractivity contribution in [2.75, 3.05) is 6.54 Å². The minimum absolute atomic E-state index is 0.164. The Morgan fingerprint density at radius 3 is 2.80 bits per heavy atom. The smallest absolute Gasteiger partial charge is 0.328 e. The number of nitrogens with zero attached hydrogens (tertiary/aromatic N) is 1. The molecule has 4 aliphatic rings. The van der Waals surface area contributed by atoms with E-state index in [9.17, 15) is 4.79 Å². The first-order valence-electron chi connectivity index (χ1n) is 5.70. The fourth-order valence-corrected chi connectivity index (χ4v) is 3.71. The minimum Gasteiger partial charge on any atom is -0.452 e. The summed E-state index contributed by atoms with van der Waals surface area (Å²) >= 11 is 0. The fraction of sp³-hybridized carbons (Fsp3) is 0.833. The predicted octanol–water partition coefficient (Wildman–Crippen LogP) is 1.81. The van der Waals surface area contributed by atoms with Gasteiger partial charge in [0.2, 0.25) is 0 Å². The van der Waals surface area contributed by atoms with Gasteiger partial charge in [-0.25, -0.2) is 0 Å². The molecular formula is C12H17NO2. The fourth-order valence-electron chi connectivity index (χ4n) is 3.71. The summed E-state index contributed by atoms with van der Waals surface area (Å²) in [5, 5.41) is 0. The van der Waals surface area contributed by atoms with Crippen LogP contribution in [0.15, 0.2) is 4.99 Å². The van der Waals surface area contributed by atoms with Crippen LogP contribution in [0.4, 0.5) is 0 Å². The first-order valence-corrected chi connectivity index (χ1v) is 5.70. The topological polar surface area (TPSA) is 38.7 Å². The highest BCUT2D eigenvalue weighted by Crippen LogP contribution is 2.63. The molecule has 0 amide bonds. The number of rotatable bonds is 0. The molecule has 0 radical (unpaired) electrons. The third kappa shape index (κ3) is 0.963. The molecule has 1 aliphatic heterocycles. The highest BCUT2D eigenvalue weighted by atomic mass is 16.6. The zero-order valence-corrected chi connectivity index (χ0v) is 9.54. The van der Waals surface area contributed by atoms with Gasteiger partial charge in [0, 0.05) is 5.92 Å². The Hall–Kier alpha value is -0.860. The molecular weight excluding hydrogens is 190 g/mol. The number of carbonyl (C=O) groups excluding carboxylic acids is 1. The Labute approximate surface area is 89.9 Å². The molecule has 3 saturated carbocycles. The molecule has 0 spiro atoms. The number of hydrogen-bond acceptors (Lipinski definition) is 3. The Kier molecular flexibility index (Phi) is 1.53. The van der Waals surface area contributed by atoms with Crippen molar-refractivity contribution in [1.82, 2.24) is 0 Å². The van der Waals surface area contributed by atoms with E-state index in [0.29, 0.717) is 11.3 Å². The van der Waals surface area contributed by atoms with Gasteiger partial charge in [-0.1, -0.05) is 13.8 Å². The van der Waals surface area contributed by atoms with Crippen LogP contribution < -0.4 is 0 Å². The average Bonchev–Trinajstić information content (AvgIpc) is 2.14. The van der Waals surface area contributed by atoms with Crippen molar-refractivity contribution in [3.8, 4) is 0 Å². The second kappa shape index (κ2) is 2.45. The van der Waals surface area contributed by atoms with Crippen LogP contribution >= 0.6 is 0 Å². The molecule has 3 fully saturated rings. The molecule has 4 rings (SSSR count). The second-order valence-electron chi connectivity index (χ2n) is 5.85. The number of ether oxygens (including phenoxy) is 1. The second-order valence-corrected chi connectivity index (χ2v) is 5.85. The summed E-state index contributed by atoms with van der Waals surface area (Å²) in [6.45, 7) is 6.85. The summed E-state index contributed by atoms with van der Waals surface area (Å²) in [6.07, 6.45) is 2.21. The van der Waals surface area contributed by atoms with Gasteiger partial charge in [-0.2, -0.15) is 0 Å². The van der Waals surface area contributed by atoms with E-state index in [4.69, 9.17) is 4.74 Å². The van der Waals surface area contributed by atoms with Crippen LogP contribution in [-0.2, 0) is 9.53 Å². The van der Waals surface area contributed by atoms with Crippen molar-refractivity contribution in [2.45, 2.75) is 39.2 Å². The number of carbonyl (C=O) groups is 1. The van der Waals surface area contributed by atoms with Crippen molar-refractivity contribution >= 4 is 11.7 Å². The van der Waals surface area contributed by atoms with Crippen LogP contribution in [0.2, 0.25) is 0 Å². The summed E-state index contributed by atoms with van der Waals surface area (Å²) in [5.41, 5.74) is 1.04. The molecule has 3 aliphatic carbocycles. The molecule has 2 bridgehead atoms. The zero-order valence-electron chi connectivity index (χ0n) is 9.54. The molecule has 0 aromatic heterocycles. The Morgan fingerprint density at radius 1 is 1.40 bits per heavy atom. The normalized spacial score (nSPS) is 46.1. The standard InChI is InChI=1S/C12H17NO2/c1-11(2)7-4-8(11)12(3)9(5-7)13-6-10(14)15-12/h7-8H,4-6H2,1-3H3. The Morgan fingerprint density at radius 2 is 2.13 bits per heavy atom. The summed E-state index contributed by atoms with van der Waals surface area (Å²) < 4.78 is 5.59. The maximum absolute atomic E-state index is 11.4. The molecule has 0 N–H and O–H groups in total. The van der Waals surface area contributed by atoms with Crippen molar-refractivity contribution in [2.24, 2.45) is 22.2 Å². The van der Waals surface area contributed by atoms with Crippen molar-refractivity contribution < 1.29 is 9.53 Å². The highest BCUT2D eigenvalue weighted by Gasteiger charge is 2.64. The summed E-state index contributed by atoms with van der Waals surface area (Å²) in [7, 11) is 0. The van der Waals surface area contributed by atoms with Crippen molar-refractivity contribution in [1.29, 1.82) is 0 Å². The monoisotopic (exact) mass is 207 g/mol. The van der Waals surface area contributed by atoms with Gasteiger partial charge in [0.05, 0.1) is 5.71 Å². The van der Waals surface area contributed by atoms with E-state index in [-0.39, 0.29) is 12.5 Å². The highest BCUT2D eigenvalue weighted by molar-refractivity contribution is 5.99. The number of hydrogen-bond donors (Lipinski definition) is 0. The summed E-state index contributed by atoms with van der Waals surface area (Å²) in [5.74, 6) is 1.04. The van der Waals surface area contributed by atoms with E-state index in [1.165, 1.54) is 6.42 Å². The van der Waals surface area contributed by atoms with Crippen LogP contribution in [0.5, 0.6) is 0 Å². The maximum Gasteiger partial charge on any atom is 0.328 e. The van der Waals surface area contributed by atoms with Gasteiger partial charge in [-0.15, -0.1) is 0 Å². The van der Waals surface area contributed by atoms with Crippen molar-refractivity contribution in [3.05, 3.63) is 0 Å². The van der Waals surface area contributed by atoms with E-state index in [1.807, 2.05) is 6.92 Å². The largest absolute Gasteiger partial charge is 0.452 e. The maximum atomic E-state index is 11.4. The van der Waals surface area contributed by atoms with Gasteiger partial charge in [0.25, 0.3) is 0 Å². The molecule has 3 heteroatoms. The lowest BCUT2D eigenvalue weighted by Crippen LogP contribution is -2.67. The quantitative estimate of drug-likeness (QED) is 0.568. The number of aliphatic imine (C=N–C) groups is 1. The molecule has 0 saturated heterocycles. The minimum atomic E-state index is -0.395. The Bertz CT molecular complexity index is 372. The summed E-state index contributed by atoms with van der Waals surface area (Å²) in [6, 6.07) is 0. The van der Waals surface area contributed by atoms with Crippen LogP contribution in [0, 0.1) is 17.3 Å². The lowest BCUT2D eigenvalue weighted by Gasteiger charge is -2.64. The van der Waals surface area contributed by atoms with Gasteiger partial charge >= 0.3 is 5.97 Å². The zero-order chi connectivity index (χ0) is 10.8. The van der Waals surface area contributed by atoms with Crippen LogP contribution in [0.1, 0.15) is 33.6 Å². The van der Waals surface area contributed by atoms with Gasteiger partial charge in [0.15, 0.2) is 5.60 Å². The summed E-state index contributed by atoms with van der Waals surface area (Å²) in [4.78, 5) is 15.8. The van der Waals surface area contributed by atoms with E-state index in [0.717, 1.165) is 18.1 Å².